The van der Waals surface area contributed by atoms with Gasteiger partial charge >= 0.3 is 0 Å². The van der Waals surface area contributed by atoms with Crippen molar-refractivity contribution >= 4 is 22.8 Å². The van der Waals surface area contributed by atoms with Gasteiger partial charge in [-0.25, -0.2) is 24.9 Å². The fraction of sp³-hybridized carbons (Fsp3) is 0.229. The van der Waals surface area contributed by atoms with E-state index in [-0.39, 0.29) is 5.82 Å². The van der Waals surface area contributed by atoms with Crippen molar-refractivity contribution < 1.29 is 0 Å². The molecule has 2 aliphatic rings. The molecule has 0 saturated carbocycles. The zero-order valence-electron chi connectivity index (χ0n) is 25.6. The minimum atomic E-state index is 0.181. The molecule has 0 radical (unpaired) electrons. The largest absolute Gasteiger partial charge is 0.383 e. The van der Waals surface area contributed by atoms with Gasteiger partial charge in [-0.3, -0.25) is 14.5 Å². The Balaban J connectivity index is 1.04. The van der Waals surface area contributed by atoms with Crippen LogP contribution >= 0.6 is 0 Å². The molecule has 12 heteroatoms. The monoisotopic (exact) mass is 620 g/mol. The highest BCUT2D eigenvalue weighted by molar-refractivity contribution is 5.84. The first-order valence-electron chi connectivity index (χ1n) is 15.7. The van der Waals surface area contributed by atoms with E-state index in [4.69, 9.17) is 21.0 Å². The Labute approximate surface area is 271 Å². The lowest BCUT2D eigenvalue weighted by molar-refractivity contribution is 0.211. The van der Waals surface area contributed by atoms with Gasteiger partial charge in [-0.15, -0.1) is 0 Å². The highest BCUT2D eigenvalue weighted by Crippen LogP contribution is 2.32. The number of nitrogens with one attached hydrogen (secondary N) is 2. The summed E-state index contributed by atoms with van der Waals surface area (Å²) in [4.78, 5) is 29.7. The summed E-state index contributed by atoms with van der Waals surface area (Å²) in [5.41, 5.74) is 13.6. The average Bonchev–Trinajstić information content (AvgIpc) is 3.90. The first kappa shape index (κ1) is 28.7. The number of anilines is 2. The number of rotatable bonds is 8. The van der Waals surface area contributed by atoms with Crippen LogP contribution in [0.3, 0.4) is 0 Å². The van der Waals surface area contributed by atoms with Crippen molar-refractivity contribution in [2.75, 3.05) is 30.7 Å². The number of hydrogen-bond donors (Lipinski definition) is 3. The number of piperidine rings is 1. The van der Waals surface area contributed by atoms with Gasteiger partial charge in [0.05, 0.1) is 23.0 Å². The van der Waals surface area contributed by atoms with Crippen LogP contribution in [0.5, 0.6) is 0 Å². The molecule has 7 heterocycles. The van der Waals surface area contributed by atoms with Crippen LogP contribution in [0.1, 0.15) is 36.0 Å². The van der Waals surface area contributed by atoms with Crippen molar-refractivity contribution in [2.45, 2.75) is 31.5 Å². The van der Waals surface area contributed by atoms with E-state index in [0.717, 1.165) is 78.4 Å². The third kappa shape index (κ3) is 5.97. The molecule has 0 bridgehead atoms. The van der Waals surface area contributed by atoms with Crippen molar-refractivity contribution in [1.29, 1.82) is 5.26 Å². The molecular formula is C35H32N12. The van der Waals surface area contributed by atoms with Gasteiger partial charge in [-0.05, 0) is 73.0 Å². The second-order valence-corrected chi connectivity index (χ2v) is 11.9. The minimum Gasteiger partial charge on any atom is -0.383 e. The maximum atomic E-state index is 9.09. The average molecular weight is 621 g/mol. The predicted molar refractivity (Wildman–Crippen MR) is 179 cm³/mol. The number of hydrogen-bond acceptors (Lipinski definition) is 11. The quantitative estimate of drug-likeness (QED) is 0.205. The number of nitrogens with zero attached hydrogens (tertiary/aromatic N) is 9. The van der Waals surface area contributed by atoms with E-state index >= 15 is 0 Å². The number of pyridine rings is 3. The van der Waals surface area contributed by atoms with E-state index in [1.807, 2.05) is 42.6 Å². The molecule has 2 saturated heterocycles. The Hall–Kier alpha value is -5.77. The van der Waals surface area contributed by atoms with Gasteiger partial charge in [0, 0.05) is 62.1 Å². The molecule has 0 spiro atoms. The van der Waals surface area contributed by atoms with E-state index < -0.39 is 0 Å². The molecule has 2 aliphatic heterocycles. The number of imidazole rings is 1. The fourth-order valence-corrected chi connectivity index (χ4v) is 6.13. The van der Waals surface area contributed by atoms with Gasteiger partial charge < -0.3 is 16.4 Å². The van der Waals surface area contributed by atoms with Crippen LogP contribution in [0.15, 0.2) is 85.3 Å². The van der Waals surface area contributed by atoms with Crippen molar-refractivity contribution in [3.8, 4) is 34.4 Å². The van der Waals surface area contributed by atoms with Crippen molar-refractivity contribution in [3.63, 3.8) is 0 Å². The lowest BCUT2D eigenvalue weighted by atomic mass is 10.0. The van der Waals surface area contributed by atoms with Gasteiger partial charge in [0.1, 0.15) is 23.2 Å². The van der Waals surface area contributed by atoms with Gasteiger partial charge in [-0.1, -0.05) is 12.1 Å². The number of nitrogens with two attached hydrogens (primary N) is 1. The summed E-state index contributed by atoms with van der Waals surface area (Å²) in [5.74, 6) is 1.99. The molecule has 232 valence electrons. The molecule has 12 nitrogen and oxygen atoms in total. The smallest absolute Gasteiger partial charge is 0.234 e. The first-order valence-corrected chi connectivity index (χ1v) is 15.7. The summed E-state index contributed by atoms with van der Waals surface area (Å²) in [7, 11) is 0. The van der Waals surface area contributed by atoms with Gasteiger partial charge in [0.2, 0.25) is 5.82 Å². The van der Waals surface area contributed by atoms with Gasteiger partial charge in [0.15, 0.2) is 11.5 Å². The standard InChI is InChI=1S/C35H32N12/c36-18-32-38-15-11-31(45-32)42-24-12-16-46(17-13-24)21-22-3-6-25(7-4-22)47-34(26-2-1-14-39-33(26)37)44-29-10-9-27(43-35(29)47)23-5-8-28(40-19-23)30-20-41-30/h1-11,14-15,19,24,30,41H,12-13,16-17,20-21H2,(H2,37,39)(H,38,42,45). The maximum Gasteiger partial charge on any atom is 0.234 e. The molecule has 1 aromatic carbocycles. The van der Waals surface area contributed by atoms with Gasteiger partial charge in [-0.2, -0.15) is 5.26 Å². The summed E-state index contributed by atoms with van der Waals surface area (Å²) < 4.78 is 2.06. The normalized spacial score (nSPS) is 16.6. The number of benzene rings is 1. The zero-order chi connectivity index (χ0) is 31.7. The van der Waals surface area contributed by atoms with Crippen LogP contribution in [0.4, 0.5) is 11.6 Å². The molecule has 5 aromatic heterocycles. The molecule has 8 rings (SSSR count). The molecular weight excluding hydrogens is 588 g/mol. The number of likely N-dealkylation sites (tertiary alicyclic amines) is 1. The number of aromatic nitrogens is 7. The van der Waals surface area contributed by atoms with Crippen LogP contribution in [-0.4, -0.2) is 65.0 Å². The third-order valence-corrected chi connectivity index (χ3v) is 8.73. The highest BCUT2D eigenvalue weighted by Gasteiger charge is 2.24. The van der Waals surface area contributed by atoms with E-state index in [9.17, 15) is 0 Å². The Bertz CT molecular complexity index is 2090. The molecule has 47 heavy (non-hydrogen) atoms. The van der Waals surface area contributed by atoms with Gasteiger partial charge in [0.25, 0.3) is 0 Å². The predicted octanol–water partition coefficient (Wildman–Crippen LogP) is 4.51. The zero-order valence-corrected chi connectivity index (χ0v) is 25.6. The Morgan fingerprint density at radius 3 is 2.51 bits per heavy atom. The van der Waals surface area contributed by atoms with E-state index in [0.29, 0.717) is 29.5 Å². The summed E-state index contributed by atoms with van der Waals surface area (Å²) >= 11 is 0. The summed E-state index contributed by atoms with van der Waals surface area (Å²) in [6, 6.07) is 25.0. The van der Waals surface area contributed by atoms with Crippen LogP contribution in [0.25, 0.3) is 39.5 Å². The molecule has 0 amide bonds. The van der Waals surface area contributed by atoms with E-state index in [1.54, 1.807) is 12.4 Å². The Morgan fingerprint density at radius 2 is 1.77 bits per heavy atom. The number of nitrogen functional groups attached to an aromatic ring is 1. The molecule has 0 aliphatic carbocycles. The summed E-state index contributed by atoms with van der Waals surface area (Å²) in [6.07, 6.45) is 7.17. The van der Waals surface area contributed by atoms with Crippen molar-refractivity contribution in [2.24, 2.45) is 0 Å². The summed E-state index contributed by atoms with van der Waals surface area (Å²) in [5, 5.41) is 15.8. The van der Waals surface area contributed by atoms with Crippen LogP contribution in [-0.2, 0) is 6.54 Å². The van der Waals surface area contributed by atoms with Crippen molar-refractivity contribution in [1.82, 2.24) is 44.7 Å². The lowest BCUT2D eigenvalue weighted by Gasteiger charge is -2.32. The SMILES string of the molecule is N#Cc1nccc(NC2CCN(Cc3ccc(-n4c(-c5cccnc5N)nc5ccc(-c6ccc(C7CN7)nc6)nc54)cc3)CC2)n1. The molecule has 1 unspecified atom stereocenters. The fourth-order valence-electron chi connectivity index (χ4n) is 6.13. The summed E-state index contributed by atoms with van der Waals surface area (Å²) in [6.45, 7) is 3.76. The second kappa shape index (κ2) is 12.2. The highest BCUT2D eigenvalue weighted by atomic mass is 15.2. The Kier molecular flexibility index (Phi) is 7.45. The topological polar surface area (TPSA) is 169 Å². The number of nitriles is 1. The molecule has 1 atom stereocenters. The maximum absolute atomic E-state index is 9.09. The minimum absolute atomic E-state index is 0.181. The van der Waals surface area contributed by atoms with Crippen LogP contribution in [0, 0.1) is 11.3 Å². The lowest BCUT2D eigenvalue weighted by Crippen LogP contribution is -2.38. The van der Waals surface area contributed by atoms with Crippen molar-refractivity contribution in [3.05, 3.63) is 102 Å². The molecule has 2 fully saturated rings. The number of fused-ring (bicyclic) bond motifs is 1. The first-order chi connectivity index (χ1) is 23.1. The molecule has 4 N–H and O–H groups in total. The third-order valence-electron chi connectivity index (χ3n) is 8.73. The van der Waals surface area contributed by atoms with E-state index in [1.165, 1.54) is 5.56 Å². The van der Waals surface area contributed by atoms with Crippen LogP contribution < -0.4 is 16.4 Å². The second-order valence-electron chi connectivity index (χ2n) is 11.9. The van der Waals surface area contributed by atoms with E-state index in [2.05, 4.69) is 76.4 Å². The molecule has 6 aromatic rings. The van der Waals surface area contributed by atoms with Crippen LogP contribution in [0.2, 0.25) is 0 Å². The Morgan fingerprint density at radius 1 is 0.915 bits per heavy atom.